The van der Waals surface area contributed by atoms with Gasteiger partial charge in [0, 0.05) is 6.20 Å². The normalized spacial score (nSPS) is 18.7. The van der Waals surface area contributed by atoms with Gasteiger partial charge in [0.15, 0.2) is 0 Å². The maximum Gasteiger partial charge on any atom is 0.308 e. The fourth-order valence-corrected chi connectivity index (χ4v) is 4.05. The average molecular weight is 405 g/mol. The number of pyridine rings is 1. The lowest BCUT2D eigenvalue weighted by molar-refractivity contribution is -0.149. The molecule has 0 radical (unpaired) electrons. The number of hydrogen-bond acceptors (Lipinski definition) is 5. The molecule has 1 aromatic carbocycles. The van der Waals surface area contributed by atoms with E-state index in [4.69, 9.17) is 9.47 Å². The third-order valence-corrected chi connectivity index (χ3v) is 5.69. The van der Waals surface area contributed by atoms with Crippen LogP contribution in [-0.2, 0) is 16.1 Å². The molecule has 2 heterocycles. The van der Waals surface area contributed by atoms with E-state index in [-0.39, 0.29) is 11.9 Å². The summed E-state index contributed by atoms with van der Waals surface area (Å²) < 4.78 is 11.1. The molecule has 1 N–H and O–H groups in total. The van der Waals surface area contributed by atoms with E-state index >= 15 is 0 Å². The number of esters is 1. The lowest BCUT2D eigenvalue weighted by Crippen LogP contribution is -2.23. The Bertz CT molecular complexity index is 946. The molecule has 2 aromatic heterocycles. The number of aromatic amines is 1. The third kappa shape index (κ3) is 4.87. The van der Waals surface area contributed by atoms with Gasteiger partial charge in [0.2, 0.25) is 0 Å². The molecule has 0 bridgehead atoms. The lowest BCUT2D eigenvalue weighted by Gasteiger charge is -2.27. The van der Waals surface area contributed by atoms with Gasteiger partial charge in [-0.1, -0.05) is 24.3 Å². The van der Waals surface area contributed by atoms with Gasteiger partial charge in [-0.3, -0.25) is 14.9 Å². The van der Waals surface area contributed by atoms with Gasteiger partial charge in [-0.2, -0.15) is 5.10 Å². The molecule has 4 rings (SSSR count). The van der Waals surface area contributed by atoms with Crippen molar-refractivity contribution in [3.05, 3.63) is 66.0 Å². The number of carbonyl (C=O) groups is 1. The predicted molar refractivity (Wildman–Crippen MR) is 114 cm³/mol. The first-order valence-corrected chi connectivity index (χ1v) is 10.6. The van der Waals surface area contributed by atoms with Gasteiger partial charge in [0.25, 0.3) is 0 Å². The van der Waals surface area contributed by atoms with E-state index in [0.29, 0.717) is 19.1 Å². The number of benzene rings is 1. The highest BCUT2D eigenvalue weighted by Gasteiger charge is 2.28. The monoisotopic (exact) mass is 405 g/mol. The average Bonchev–Trinajstić information content (AvgIpc) is 3.34. The molecule has 1 fully saturated rings. The van der Waals surface area contributed by atoms with Crippen LogP contribution in [0.4, 0.5) is 0 Å². The molecule has 0 aliphatic heterocycles. The zero-order valence-corrected chi connectivity index (χ0v) is 17.2. The Kier molecular flexibility index (Phi) is 6.42. The maximum atomic E-state index is 12.0. The first-order valence-electron chi connectivity index (χ1n) is 10.6. The number of nitrogens with one attached hydrogen (secondary N) is 1. The molecule has 0 spiro atoms. The standard InChI is InChI=1S/C24H27N3O3/c1-2-29-24(28)19-8-6-18(7-9-19)20-5-3-4-17(14-20)16-30-21-10-11-22(25-15-21)23-12-13-26-27-23/h3-5,10-15,18-19H,2,6-9,16H2,1H3,(H,26,27). The molecule has 0 amide bonds. The number of H-pyrrole nitrogens is 1. The molecule has 0 atom stereocenters. The molecule has 30 heavy (non-hydrogen) atoms. The van der Waals surface area contributed by atoms with Crippen LogP contribution >= 0.6 is 0 Å². The Morgan fingerprint density at radius 3 is 2.70 bits per heavy atom. The summed E-state index contributed by atoms with van der Waals surface area (Å²) >= 11 is 0. The van der Waals surface area contributed by atoms with E-state index in [2.05, 4.69) is 39.4 Å². The zero-order chi connectivity index (χ0) is 20.8. The molecule has 3 aromatic rings. The van der Waals surface area contributed by atoms with Crippen LogP contribution in [-0.4, -0.2) is 27.8 Å². The number of carbonyl (C=O) groups excluding carboxylic acids is 1. The van der Waals surface area contributed by atoms with Gasteiger partial charge in [-0.25, -0.2) is 0 Å². The molecule has 1 aliphatic carbocycles. The Morgan fingerprint density at radius 2 is 2.00 bits per heavy atom. The van der Waals surface area contributed by atoms with Gasteiger partial charge in [-0.15, -0.1) is 0 Å². The fraction of sp³-hybridized carbons (Fsp3) is 0.375. The van der Waals surface area contributed by atoms with Crippen LogP contribution in [0.1, 0.15) is 49.7 Å². The SMILES string of the molecule is CCOC(=O)C1CCC(c2cccc(COc3ccc(-c4ccn[nH]4)nc3)c2)CC1. The summed E-state index contributed by atoms with van der Waals surface area (Å²) in [7, 11) is 0. The van der Waals surface area contributed by atoms with Crippen molar-refractivity contribution in [2.75, 3.05) is 6.61 Å². The first kappa shape index (κ1) is 20.1. The van der Waals surface area contributed by atoms with Crippen molar-refractivity contribution >= 4 is 5.97 Å². The minimum absolute atomic E-state index is 0.0368. The minimum Gasteiger partial charge on any atom is -0.487 e. The topological polar surface area (TPSA) is 77.1 Å². The van der Waals surface area contributed by atoms with Gasteiger partial charge >= 0.3 is 5.97 Å². The molecule has 0 saturated heterocycles. The quantitative estimate of drug-likeness (QED) is 0.567. The molecule has 6 nitrogen and oxygen atoms in total. The second kappa shape index (κ2) is 9.57. The van der Waals surface area contributed by atoms with Gasteiger partial charge in [0.1, 0.15) is 12.4 Å². The highest BCUT2D eigenvalue weighted by molar-refractivity contribution is 5.72. The number of aromatic nitrogens is 3. The van der Waals surface area contributed by atoms with Crippen molar-refractivity contribution < 1.29 is 14.3 Å². The first-order chi connectivity index (χ1) is 14.7. The van der Waals surface area contributed by atoms with Crippen molar-refractivity contribution in [3.8, 4) is 17.1 Å². The van der Waals surface area contributed by atoms with Crippen LogP contribution < -0.4 is 4.74 Å². The molecule has 0 unspecified atom stereocenters. The highest BCUT2D eigenvalue weighted by atomic mass is 16.5. The molecule has 6 heteroatoms. The van der Waals surface area contributed by atoms with Crippen LogP contribution in [0.25, 0.3) is 11.4 Å². The van der Waals surface area contributed by atoms with Crippen molar-refractivity contribution in [1.82, 2.24) is 15.2 Å². The number of hydrogen-bond donors (Lipinski definition) is 1. The zero-order valence-electron chi connectivity index (χ0n) is 17.2. The second-order valence-corrected chi connectivity index (χ2v) is 7.68. The summed E-state index contributed by atoms with van der Waals surface area (Å²) in [6.07, 6.45) is 7.28. The van der Waals surface area contributed by atoms with E-state index < -0.39 is 0 Å². The maximum absolute atomic E-state index is 12.0. The summed E-state index contributed by atoms with van der Waals surface area (Å²) in [6, 6.07) is 14.3. The molecule has 1 aliphatic rings. The summed E-state index contributed by atoms with van der Waals surface area (Å²) in [6.45, 7) is 2.82. The molecular weight excluding hydrogens is 378 g/mol. The summed E-state index contributed by atoms with van der Waals surface area (Å²) in [5.74, 6) is 1.25. The summed E-state index contributed by atoms with van der Waals surface area (Å²) in [5.41, 5.74) is 4.18. The van der Waals surface area contributed by atoms with Crippen LogP contribution in [0.3, 0.4) is 0 Å². The summed E-state index contributed by atoms with van der Waals surface area (Å²) in [4.78, 5) is 16.4. The Hall–Kier alpha value is -3.15. The minimum atomic E-state index is -0.0368. The van der Waals surface area contributed by atoms with Crippen LogP contribution in [0.15, 0.2) is 54.9 Å². The number of rotatable bonds is 7. The van der Waals surface area contributed by atoms with E-state index in [0.717, 1.165) is 48.4 Å². The van der Waals surface area contributed by atoms with Crippen molar-refractivity contribution in [2.24, 2.45) is 5.92 Å². The van der Waals surface area contributed by atoms with Crippen molar-refractivity contribution in [1.29, 1.82) is 0 Å². The smallest absolute Gasteiger partial charge is 0.308 e. The van der Waals surface area contributed by atoms with E-state index in [1.54, 1.807) is 12.4 Å². The van der Waals surface area contributed by atoms with Crippen LogP contribution in [0, 0.1) is 5.92 Å². The van der Waals surface area contributed by atoms with Gasteiger partial charge in [-0.05, 0) is 67.9 Å². The number of nitrogens with zero attached hydrogens (tertiary/aromatic N) is 2. The Labute approximate surface area is 176 Å². The molecular formula is C24H27N3O3. The van der Waals surface area contributed by atoms with Crippen LogP contribution in [0.2, 0.25) is 0 Å². The number of ether oxygens (including phenoxy) is 2. The second-order valence-electron chi connectivity index (χ2n) is 7.68. The van der Waals surface area contributed by atoms with E-state index in [1.165, 1.54) is 5.56 Å². The van der Waals surface area contributed by atoms with Gasteiger partial charge in [0.05, 0.1) is 30.1 Å². The molecule has 1 saturated carbocycles. The van der Waals surface area contributed by atoms with Crippen LogP contribution in [0.5, 0.6) is 5.75 Å². The Morgan fingerprint density at radius 1 is 1.13 bits per heavy atom. The van der Waals surface area contributed by atoms with Crippen molar-refractivity contribution in [2.45, 2.75) is 45.1 Å². The summed E-state index contributed by atoms with van der Waals surface area (Å²) in [5, 5.41) is 6.85. The van der Waals surface area contributed by atoms with E-state index in [9.17, 15) is 4.79 Å². The van der Waals surface area contributed by atoms with Crippen molar-refractivity contribution in [3.63, 3.8) is 0 Å². The highest BCUT2D eigenvalue weighted by Crippen LogP contribution is 2.36. The largest absolute Gasteiger partial charge is 0.487 e. The van der Waals surface area contributed by atoms with E-state index in [1.807, 2.05) is 25.1 Å². The lowest BCUT2D eigenvalue weighted by atomic mass is 9.78. The fourth-order valence-electron chi connectivity index (χ4n) is 4.05. The van der Waals surface area contributed by atoms with Gasteiger partial charge < -0.3 is 9.47 Å². The third-order valence-electron chi connectivity index (χ3n) is 5.69. The Balaban J connectivity index is 1.32. The molecule has 156 valence electrons. The predicted octanol–water partition coefficient (Wildman–Crippen LogP) is 4.89.